The summed E-state index contributed by atoms with van der Waals surface area (Å²) in [7, 11) is 0. The van der Waals surface area contributed by atoms with Gasteiger partial charge in [0.2, 0.25) is 0 Å². The van der Waals surface area contributed by atoms with E-state index in [2.05, 4.69) is 4.90 Å². The van der Waals surface area contributed by atoms with Crippen LogP contribution in [0.2, 0.25) is 0 Å². The molecule has 0 unspecified atom stereocenters. The molecular formula is C18H22F2N2O2. The molecule has 4 aliphatic heterocycles. The minimum absolute atomic E-state index is 0.0762. The molecular weight excluding hydrogens is 314 g/mol. The summed E-state index contributed by atoms with van der Waals surface area (Å²) < 4.78 is 32.7. The third-order valence-electron chi connectivity index (χ3n) is 5.81. The summed E-state index contributed by atoms with van der Waals surface area (Å²) in [5, 5.41) is 0. The van der Waals surface area contributed by atoms with E-state index >= 15 is 0 Å². The van der Waals surface area contributed by atoms with Crippen molar-refractivity contribution in [3.63, 3.8) is 0 Å². The normalized spacial score (nSPS) is 34.3. The lowest BCUT2D eigenvalue weighted by Gasteiger charge is -2.50. The fraction of sp³-hybridized carbons (Fsp3) is 0.611. The van der Waals surface area contributed by atoms with Gasteiger partial charge in [-0.25, -0.2) is 13.6 Å². The molecule has 4 fully saturated rings. The van der Waals surface area contributed by atoms with Gasteiger partial charge < -0.3 is 9.64 Å². The minimum atomic E-state index is -0.563. The quantitative estimate of drug-likeness (QED) is 0.832. The van der Waals surface area contributed by atoms with E-state index in [4.69, 9.17) is 4.74 Å². The van der Waals surface area contributed by atoms with E-state index in [9.17, 15) is 13.6 Å². The third-order valence-corrected chi connectivity index (χ3v) is 5.81. The molecule has 0 radical (unpaired) electrons. The zero-order valence-corrected chi connectivity index (χ0v) is 13.8. The summed E-state index contributed by atoms with van der Waals surface area (Å²) in [5.74, 6) is -0.750. The molecule has 5 rings (SSSR count). The highest BCUT2D eigenvalue weighted by atomic mass is 19.1. The lowest BCUT2D eigenvalue weighted by atomic mass is 9.75. The van der Waals surface area contributed by atoms with Gasteiger partial charge in [0, 0.05) is 24.6 Å². The van der Waals surface area contributed by atoms with Crippen LogP contribution < -0.4 is 0 Å². The van der Waals surface area contributed by atoms with Crippen LogP contribution in [0.4, 0.5) is 13.6 Å². The maximum atomic E-state index is 13.7. The molecule has 0 aromatic heterocycles. The molecule has 4 saturated heterocycles. The van der Waals surface area contributed by atoms with Crippen LogP contribution in [-0.2, 0) is 4.74 Å². The van der Waals surface area contributed by atoms with Gasteiger partial charge in [0.25, 0.3) is 0 Å². The summed E-state index contributed by atoms with van der Waals surface area (Å²) in [6.45, 7) is 4.58. The van der Waals surface area contributed by atoms with Gasteiger partial charge in [0.1, 0.15) is 11.6 Å². The van der Waals surface area contributed by atoms with E-state index in [1.807, 2.05) is 0 Å². The van der Waals surface area contributed by atoms with Gasteiger partial charge in [-0.15, -0.1) is 0 Å². The van der Waals surface area contributed by atoms with Gasteiger partial charge in [-0.3, -0.25) is 4.90 Å². The topological polar surface area (TPSA) is 32.8 Å². The number of piperidine rings is 3. The maximum Gasteiger partial charge on any atom is 0.410 e. The smallest absolute Gasteiger partial charge is 0.410 e. The molecule has 24 heavy (non-hydrogen) atoms. The van der Waals surface area contributed by atoms with E-state index in [1.54, 1.807) is 11.8 Å². The summed E-state index contributed by atoms with van der Waals surface area (Å²) >= 11 is 0. The Morgan fingerprint density at radius 3 is 2.46 bits per heavy atom. The largest absolute Gasteiger partial charge is 0.450 e. The SMILES string of the molecule is CCOC(=O)N1C[C@H](c2cc(F)cc(F)c2)[C@@H]2[C@H]1C1CCN2CC1. The predicted octanol–water partition coefficient (Wildman–Crippen LogP) is 2.98. The van der Waals surface area contributed by atoms with Crippen molar-refractivity contribution in [2.45, 2.75) is 37.8 Å². The molecule has 4 aliphatic rings. The van der Waals surface area contributed by atoms with Crippen molar-refractivity contribution < 1.29 is 18.3 Å². The summed E-state index contributed by atoms with van der Waals surface area (Å²) in [5.41, 5.74) is 0.641. The van der Waals surface area contributed by atoms with Gasteiger partial charge in [0.05, 0.1) is 12.6 Å². The fourth-order valence-corrected chi connectivity index (χ4v) is 4.92. The Balaban J connectivity index is 1.71. The van der Waals surface area contributed by atoms with Crippen molar-refractivity contribution in [3.05, 3.63) is 35.4 Å². The number of carbonyl (C=O) groups excluding carboxylic acids is 1. The Morgan fingerprint density at radius 1 is 1.17 bits per heavy atom. The third kappa shape index (κ3) is 2.48. The van der Waals surface area contributed by atoms with Crippen molar-refractivity contribution in [2.24, 2.45) is 5.92 Å². The Bertz CT molecular complexity index is 626. The second-order valence-electron chi connectivity index (χ2n) is 7.02. The van der Waals surface area contributed by atoms with Crippen LogP contribution in [0.5, 0.6) is 0 Å². The highest BCUT2D eigenvalue weighted by Crippen LogP contribution is 2.46. The average Bonchev–Trinajstić information content (AvgIpc) is 2.98. The molecule has 4 nitrogen and oxygen atoms in total. The second-order valence-corrected chi connectivity index (χ2v) is 7.02. The summed E-state index contributed by atoms with van der Waals surface area (Å²) in [6, 6.07) is 3.92. The van der Waals surface area contributed by atoms with E-state index in [1.165, 1.54) is 12.1 Å². The van der Waals surface area contributed by atoms with E-state index in [0.29, 0.717) is 24.6 Å². The highest BCUT2D eigenvalue weighted by Gasteiger charge is 2.55. The molecule has 3 atom stereocenters. The number of hydrogen-bond donors (Lipinski definition) is 0. The van der Waals surface area contributed by atoms with Gasteiger partial charge in [-0.2, -0.15) is 0 Å². The van der Waals surface area contributed by atoms with Gasteiger partial charge in [-0.05, 0) is 56.5 Å². The molecule has 4 heterocycles. The first-order chi connectivity index (χ1) is 11.6. The molecule has 1 aromatic rings. The molecule has 0 N–H and O–H groups in total. The van der Waals surface area contributed by atoms with Crippen molar-refractivity contribution in [2.75, 3.05) is 26.2 Å². The van der Waals surface area contributed by atoms with Gasteiger partial charge in [0.15, 0.2) is 0 Å². The van der Waals surface area contributed by atoms with Crippen LogP contribution in [0.3, 0.4) is 0 Å². The minimum Gasteiger partial charge on any atom is -0.450 e. The molecule has 0 aliphatic carbocycles. The second kappa shape index (κ2) is 5.99. The van der Waals surface area contributed by atoms with Crippen LogP contribution in [0, 0.1) is 17.6 Å². The monoisotopic (exact) mass is 336 g/mol. The number of likely N-dealkylation sites (tertiary alicyclic amines) is 1. The molecule has 0 saturated carbocycles. The first kappa shape index (κ1) is 15.8. The average molecular weight is 336 g/mol. The van der Waals surface area contributed by atoms with Crippen LogP contribution in [0.1, 0.15) is 31.2 Å². The van der Waals surface area contributed by atoms with Gasteiger partial charge in [-0.1, -0.05) is 0 Å². The summed E-state index contributed by atoms with van der Waals surface area (Å²) in [6.07, 6.45) is 1.84. The highest BCUT2D eigenvalue weighted by molar-refractivity contribution is 5.69. The number of halogens is 2. The first-order valence-corrected chi connectivity index (χ1v) is 8.72. The number of fused-ring (bicyclic) bond motifs is 2. The molecule has 0 spiro atoms. The zero-order chi connectivity index (χ0) is 16.8. The Hall–Kier alpha value is -1.69. The van der Waals surface area contributed by atoms with Crippen LogP contribution in [-0.4, -0.2) is 54.2 Å². The lowest BCUT2D eigenvalue weighted by Crippen LogP contribution is -2.60. The Labute approximate surface area is 140 Å². The summed E-state index contributed by atoms with van der Waals surface area (Å²) in [4.78, 5) is 16.6. The number of carbonyl (C=O) groups is 1. The zero-order valence-electron chi connectivity index (χ0n) is 13.8. The van der Waals surface area contributed by atoms with E-state index in [0.717, 1.165) is 32.0 Å². The number of nitrogens with zero attached hydrogens (tertiary/aromatic N) is 2. The van der Waals surface area contributed by atoms with Crippen molar-refractivity contribution in [1.82, 2.24) is 9.80 Å². The maximum absolute atomic E-state index is 13.7. The van der Waals surface area contributed by atoms with E-state index < -0.39 is 11.6 Å². The van der Waals surface area contributed by atoms with Crippen molar-refractivity contribution in [3.8, 4) is 0 Å². The molecule has 1 amide bonds. The molecule has 2 bridgehead atoms. The number of rotatable bonds is 2. The van der Waals surface area contributed by atoms with Crippen molar-refractivity contribution in [1.29, 1.82) is 0 Å². The Morgan fingerprint density at radius 2 is 1.83 bits per heavy atom. The van der Waals surface area contributed by atoms with Gasteiger partial charge >= 0.3 is 6.09 Å². The van der Waals surface area contributed by atoms with Crippen LogP contribution in [0.25, 0.3) is 0 Å². The molecule has 130 valence electrons. The van der Waals surface area contributed by atoms with Crippen LogP contribution in [0.15, 0.2) is 18.2 Å². The number of hydrogen-bond acceptors (Lipinski definition) is 3. The van der Waals surface area contributed by atoms with Crippen LogP contribution >= 0.6 is 0 Å². The number of ether oxygens (including phenoxy) is 1. The molecule has 6 heteroatoms. The lowest BCUT2D eigenvalue weighted by molar-refractivity contribution is -0.00690. The van der Waals surface area contributed by atoms with E-state index in [-0.39, 0.29) is 24.1 Å². The molecule has 1 aromatic carbocycles. The van der Waals surface area contributed by atoms with Crippen molar-refractivity contribution >= 4 is 6.09 Å². The number of amides is 1. The Kier molecular flexibility index (Phi) is 3.95. The number of benzene rings is 1. The predicted molar refractivity (Wildman–Crippen MR) is 84.7 cm³/mol. The fourth-order valence-electron chi connectivity index (χ4n) is 4.92. The standard InChI is InChI=1S/C18H22F2N2O2/c1-2-24-18(23)22-10-15(12-7-13(19)9-14(20)8-12)17-16(22)11-3-5-21(17)6-4-11/h7-9,11,15-17H,2-6,10H2,1H3/t15-,16-,17-/m1/s1. The first-order valence-electron chi connectivity index (χ1n) is 8.72.